The molecule has 0 aliphatic rings. The zero-order chi connectivity index (χ0) is 11.7. The number of halogens is 6. The lowest BCUT2D eigenvalue weighted by Gasteiger charge is -2.04. The summed E-state index contributed by atoms with van der Waals surface area (Å²) in [4.78, 5) is 2.42. The van der Waals surface area contributed by atoms with Gasteiger partial charge in [-0.15, -0.1) is 0 Å². The molecule has 0 aromatic carbocycles. The van der Waals surface area contributed by atoms with Crippen LogP contribution in [0, 0.1) is 0 Å². The summed E-state index contributed by atoms with van der Waals surface area (Å²) in [7, 11) is 0. The van der Waals surface area contributed by atoms with Gasteiger partial charge in [-0.1, -0.05) is 0 Å². The maximum atomic E-state index is 12.3. The lowest BCUT2D eigenvalue weighted by molar-refractivity contribution is 0.202. The first kappa shape index (κ1) is 13.3. The second kappa shape index (κ2) is 4.65. The highest BCUT2D eigenvalue weighted by Gasteiger charge is 2.29. The molecule has 9 heteroatoms. The molecule has 0 saturated carbocycles. The zero-order valence-corrected chi connectivity index (χ0v) is 9.88. The second-order valence-corrected chi connectivity index (χ2v) is 6.04. The highest BCUT2D eigenvalue weighted by Crippen LogP contribution is 2.43. The van der Waals surface area contributed by atoms with E-state index in [-0.39, 0.29) is 33.4 Å². The first-order valence-electron chi connectivity index (χ1n) is 3.36. The van der Waals surface area contributed by atoms with Crippen LogP contribution in [0.25, 0.3) is 0 Å². The van der Waals surface area contributed by atoms with Gasteiger partial charge in [-0.3, -0.25) is 0 Å². The molecule has 0 amide bonds. The number of thioether (sulfide) groups is 2. The number of hydrogen-bond acceptors (Lipinski definition) is 2. The number of nitrogens with one attached hydrogen (secondary N) is 1. The summed E-state index contributed by atoms with van der Waals surface area (Å²) >= 11 is 9.35. The molecule has 1 aromatic rings. The Labute approximate surface area is 101 Å². The largest absolute Gasteiger partial charge is 0.377 e. The Bertz CT molecular complexity index is 302. The predicted molar refractivity (Wildman–Crippen MR) is 54.1 cm³/mol. The van der Waals surface area contributed by atoms with Crippen molar-refractivity contribution in [3.8, 4) is 0 Å². The van der Waals surface area contributed by atoms with E-state index in [1.807, 2.05) is 0 Å². The first-order valence-corrected chi connectivity index (χ1v) is 5.74. The summed E-state index contributed by atoms with van der Waals surface area (Å²) in [6.07, 6.45) is 1.14. The Hall–Kier alpha value is 0.280. The molecular formula is C6H3Cl2F4NS2. The van der Waals surface area contributed by atoms with Crippen LogP contribution < -0.4 is 0 Å². The summed E-state index contributed by atoms with van der Waals surface area (Å²) in [6.45, 7) is 0. The van der Waals surface area contributed by atoms with Gasteiger partial charge in [0.2, 0.25) is 0 Å². The van der Waals surface area contributed by atoms with Crippen molar-refractivity contribution in [1.29, 1.82) is 0 Å². The molecule has 0 atom stereocenters. The van der Waals surface area contributed by atoms with Crippen LogP contribution >= 0.6 is 46.7 Å². The minimum absolute atomic E-state index is 0.0154. The maximum absolute atomic E-state index is 12.3. The van der Waals surface area contributed by atoms with E-state index in [0.717, 1.165) is 12.3 Å². The van der Waals surface area contributed by atoms with Crippen LogP contribution in [-0.2, 0) is 0 Å². The van der Waals surface area contributed by atoms with Crippen LogP contribution in [0.1, 0.15) is 0 Å². The lowest BCUT2D eigenvalue weighted by Crippen LogP contribution is -1.97. The molecule has 1 heterocycles. The average Bonchev–Trinajstić information content (AvgIpc) is 2.28. The van der Waals surface area contributed by atoms with Crippen molar-refractivity contribution in [3.05, 3.63) is 12.3 Å². The molecule has 0 bridgehead atoms. The molecule has 0 aliphatic heterocycles. The molecule has 0 spiro atoms. The van der Waals surface area contributed by atoms with Crippen molar-refractivity contribution < 1.29 is 17.6 Å². The van der Waals surface area contributed by atoms with E-state index in [1.165, 1.54) is 0 Å². The van der Waals surface area contributed by atoms with Crippen LogP contribution in [0.5, 0.6) is 0 Å². The molecule has 0 aliphatic carbocycles. The molecular weight excluding hydrogens is 297 g/mol. The Kier molecular flexibility index (Phi) is 4.13. The third-order valence-corrected chi connectivity index (χ3v) is 2.94. The van der Waals surface area contributed by atoms with Crippen LogP contribution in [0.2, 0.25) is 0 Å². The first-order chi connectivity index (χ1) is 6.66. The van der Waals surface area contributed by atoms with E-state index in [1.54, 1.807) is 0 Å². The highest BCUT2D eigenvalue weighted by molar-refractivity contribution is 8.02. The number of rotatable bonds is 4. The SMILES string of the molecule is FC(F)(Cl)Sc1c[nH]c(SC(F)(F)Cl)c1. The Morgan fingerprint density at radius 3 is 2.07 bits per heavy atom. The molecule has 0 fully saturated rings. The van der Waals surface area contributed by atoms with Crippen molar-refractivity contribution in [2.75, 3.05) is 0 Å². The van der Waals surface area contributed by atoms with E-state index in [0.29, 0.717) is 0 Å². The highest BCUT2D eigenvalue weighted by atomic mass is 35.5. The number of aromatic nitrogens is 1. The number of aromatic amines is 1. The van der Waals surface area contributed by atoms with Gasteiger partial charge in [-0.2, -0.15) is 17.6 Å². The normalized spacial score (nSPS) is 13.2. The van der Waals surface area contributed by atoms with Gasteiger partial charge in [0.1, 0.15) is 0 Å². The molecule has 1 rings (SSSR count). The molecule has 0 saturated heterocycles. The van der Waals surface area contributed by atoms with Gasteiger partial charge in [-0.25, -0.2) is 0 Å². The van der Waals surface area contributed by atoms with Crippen molar-refractivity contribution in [1.82, 2.24) is 4.98 Å². The Morgan fingerprint density at radius 2 is 1.60 bits per heavy atom. The molecule has 0 unspecified atom stereocenters. The monoisotopic (exact) mass is 299 g/mol. The van der Waals surface area contributed by atoms with Gasteiger partial charge < -0.3 is 4.98 Å². The number of alkyl halides is 6. The maximum Gasteiger partial charge on any atom is 0.377 e. The van der Waals surface area contributed by atoms with E-state index in [2.05, 4.69) is 28.2 Å². The van der Waals surface area contributed by atoms with E-state index in [9.17, 15) is 17.6 Å². The molecule has 0 radical (unpaired) electrons. The van der Waals surface area contributed by atoms with Crippen molar-refractivity contribution in [2.24, 2.45) is 0 Å². The van der Waals surface area contributed by atoms with E-state index < -0.39 is 9.43 Å². The van der Waals surface area contributed by atoms with Gasteiger partial charge in [0.15, 0.2) is 0 Å². The number of hydrogen-bond donors (Lipinski definition) is 1. The minimum atomic E-state index is -3.48. The predicted octanol–water partition coefficient (Wildman–Crippen LogP) is 4.78. The van der Waals surface area contributed by atoms with Gasteiger partial charge in [0, 0.05) is 11.1 Å². The Balaban J connectivity index is 2.65. The standard InChI is InChI=1S/C6H3Cl2F4NS2/c7-5(9,10)14-3-1-4(13-2-3)15-6(8,11)12/h1-2,13H. The van der Waals surface area contributed by atoms with Crippen LogP contribution in [0.3, 0.4) is 0 Å². The third kappa shape index (κ3) is 5.79. The summed E-state index contributed by atoms with van der Waals surface area (Å²) in [5.74, 6) is 0. The van der Waals surface area contributed by atoms with E-state index in [4.69, 9.17) is 0 Å². The van der Waals surface area contributed by atoms with Crippen molar-refractivity contribution >= 4 is 46.7 Å². The molecule has 1 aromatic heterocycles. The summed E-state index contributed by atoms with van der Waals surface area (Å²) in [5.41, 5.74) is 0. The van der Waals surface area contributed by atoms with Crippen LogP contribution in [0.15, 0.2) is 22.2 Å². The van der Waals surface area contributed by atoms with E-state index >= 15 is 0 Å². The summed E-state index contributed by atoms with van der Waals surface area (Å²) < 4.78 is 42.2. The summed E-state index contributed by atoms with van der Waals surface area (Å²) in [6, 6.07) is 1.11. The average molecular weight is 300 g/mol. The zero-order valence-electron chi connectivity index (χ0n) is 6.74. The molecule has 1 N–H and O–H groups in total. The lowest BCUT2D eigenvalue weighted by atomic mass is 10.7. The van der Waals surface area contributed by atoms with Gasteiger partial charge in [0.25, 0.3) is 0 Å². The fourth-order valence-electron chi connectivity index (χ4n) is 0.731. The third-order valence-electron chi connectivity index (χ3n) is 1.09. The number of H-pyrrole nitrogens is 1. The minimum Gasteiger partial charge on any atom is -0.355 e. The second-order valence-electron chi connectivity index (χ2n) is 2.30. The van der Waals surface area contributed by atoms with Gasteiger partial charge in [0.05, 0.1) is 5.03 Å². The summed E-state index contributed by atoms with van der Waals surface area (Å²) in [5, 5.41) is -0.0154. The Morgan fingerprint density at radius 1 is 1.07 bits per heavy atom. The fourth-order valence-corrected chi connectivity index (χ4v) is 2.44. The molecule has 1 nitrogen and oxygen atoms in total. The van der Waals surface area contributed by atoms with Crippen molar-refractivity contribution in [3.63, 3.8) is 0 Å². The van der Waals surface area contributed by atoms with Gasteiger partial charge in [-0.05, 0) is 52.8 Å². The fraction of sp³-hybridized carbons (Fsp3) is 0.333. The van der Waals surface area contributed by atoms with Crippen molar-refractivity contribution in [2.45, 2.75) is 19.3 Å². The quantitative estimate of drug-likeness (QED) is 0.489. The topological polar surface area (TPSA) is 15.8 Å². The van der Waals surface area contributed by atoms with Crippen LogP contribution in [0.4, 0.5) is 17.6 Å². The molecule has 15 heavy (non-hydrogen) atoms. The van der Waals surface area contributed by atoms with Gasteiger partial charge >= 0.3 is 9.43 Å². The van der Waals surface area contributed by atoms with Crippen LogP contribution in [-0.4, -0.2) is 14.4 Å². The molecule has 86 valence electrons. The smallest absolute Gasteiger partial charge is 0.355 e.